The normalized spacial score (nSPS) is 18.2. The number of methoxy groups -OCH3 is 1. The molecule has 0 bridgehead atoms. The van der Waals surface area contributed by atoms with Crippen LogP contribution in [0.15, 0.2) is 85.3 Å². The maximum Gasteiger partial charge on any atom is 0.255 e. The number of piperidine rings is 2. The lowest BCUT2D eigenvalue weighted by molar-refractivity contribution is -0.136. The number of halogens is 1. The van der Waals surface area contributed by atoms with E-state index in [1.807, 2.05) is 48.5 Å². The molecule has 10 rings (SSSR count). The fraction of sp³-hybridized carbons (Fsp3) is 0.333. The number of nitrogens with zero attached hydrogens (tertiary/aromatic N) is 9. The van der Waals surface area contributed by atoms with Gasteiger partial charge in [-0.1, -0.05) is 30.3 Å². The Labute approximate surface area is 379 Å². The maximum atomic E-state index is 13.9. The average molecular weight is 893 g/mol. The van der Waals surface area contributed by atoms with Crippen LogP contribution in [0.5, 0.6) is 5.75 Å². The summed E-state index contributed by atoms with van der Waals surface area (Å²) < 4.78 is 20.8. The second-order valence-corrected chi connectivity index (χ2v) is 17.3. The SMILES string of the molecule is COc1ccc(F)cc1C(=O)NCc1ccc(-c2nn(-c3ccc(N4CCC(CN5CCN(c6ccc7c(c6)C(=O)N(C6CCC(=O)NC6=O)C7)CC5)CC4)nc3)c3ncnc(N)c23)cc1. The standard InChI is InChI=1S/C48H49FN12O5/c1-66-39-11-7-33(49)22-37(39)46(63)52-24-29-2-4-31(5-3-29)43-42-44(50)53-28-54-45(42)61(56-43)35-9-12-40(51-25-35)59-16-14-30(15-17-59)26-57-18-20-58(21-19-57)34-8-6-32-27-60(48(65)36(32)23-34)38-10-13-41(62)55-47(38)64/h2-9,11-12,22-23,25,28,30,38H,10,13-21,24,26-27H2,1H3,(H,52,63)(H2,50,53,54)(H,55,62,64). The van der Waals surface area contributed by atoms with Gasteiger partial charge in [0.1, 0.15) is 41.3 Å². The van der Waals surface area contributed by atoms with E-state index in [0.717, 1.165) is 98.6 Å². The van der Waals surface area contributed by atoms with Gasteiger partial charge in [-0.25, -0.2) is 24.0 Å². The first-order valence-corrected chi connectivity index (χ1v) is 22.3. The van der Waals surface area contributed by atoms with Crippen molar-refractivity contribution in [1.82, 2.24) is 45.2 Å². The van der Waals surface area contributed by atoms with E-state index >= 15 is 0 Å². The quantitative estimate of drug-likeness (QED) is 0.156. The van der Waals surface area contributed by atoms with Crippen LogP contribution in [0.4, 0.5) is 21.7 Å². The Morgan fingerprint density at radius 1 is 0.879 bits per heavy atom. The number of nitrogens with two attached hydrogens (primary N) is 1. The molecule has 66 heavy (non-hydrogen) atoms. The molecule has 3 saturated heterocycles. The highest BCUT2D eigenvalue weighted by molar-refractivity contribution is 6.06. The Morgan fingerprint density at radius 3 is 2.41 bits per heavy atom. The van der Waals surface area contributed by atoms with Crippen molar-refractivity contribution in [2.45, 2.75) is 44.8 Å². The number of pyridine rings is 1. The van der Waals surface area contributed by atoms with Gasteiger partial charge in [-0.05, 0) is 78.8 Å². The van der Waals surface area contributed by atoms with E-state index in [1.54, 1.807) is 15.8 Å². The third-order valence-corrected chi connectivity index (χ3v) is 13.3. The van der Waals surface area contributed by atoms with Crippen LogP contribution in [0, 0.1) is 11.7 Å². The van der Waals surface area contributed by atoms with Crippen LogP contribution < -0.4 is 30.9 Å². The van der Waals surface area contributed by atoms with Crippen molar-refractivity contribution >= 4 is 52.0 Å². The number of hydrogen-bond acceptors (Lipinski definition) is 13. The number of amides is 4. The van der Waals surface area contributed by atoms with Crippen molar-refractivity contribution in [3.05, 3.63) is 113 Å². The van der Waals surface area contributed by atoms with E-state index in [1.165, 1.54) is 25.6 Å². The van der Waals surface area contributed by atoms with Gasteiger partial charge in [-0.15, -0.1) is 0 Å². The number of fused-ring (bicyclic) bond motifs is 2. The zero-order valence-corrected chi connectivity index (χ0v) is 36.5. The first-order chi connectivity index (χ1) is 32.1. The number of nitrogens with one attached hydrogen (secondary N) is 2. The molecular formula is C48H49FN12O5. The molecule has 0 spiro atoms. The molecule has 4 aliphatic rings. The Kier molecular flexibility index (Phi) is 11.5. The zero-order valence-electron chi connectivity index (χ0n) is 36.5. The lowest BCUT2D eigenvalue weighted by Gasteiger charge is -2.40. The van der Waals surface area contributed by atoms with Crippen LogP contribution in [-0.2, 0) is 22.7 Å². The molecule has 4 aliphatic heterocycles. The molecule has 1 unspecified atom stereocenters. The van der Waals surface area contributed by atoms with Gasteiger partial charge in [-0.3, -0.25) is 29.4 Å². The van der Waals surface area contributed by atoms with Crippen molar-refractivity contribution in [2.75, 3.05) is 68.5 Å². The summed E-state index contributed by atoms with van der Waals surface area (Å²) in [5.41, 5.74) is 12.6. The number of piperazine rings is 1. The van der Waals surface area contributed by atoms with Crippen molar-refractivity contribution < 1.29 is 28.3 Å². The molecule has 17 nitrogen and oxygen atoms in total. The topological polar surface area (TPSA) is 197 Å². The molecule has 3 fully saturated rings. The van der Waals surface area contributed by atoms with Crippen molar-refractivity contribution in [3.63, 3.8) is 0 Å². The molecule has 1 atom stereocenters. The number of nitrogen functional groups attached to an aromatic ring is 1. The Hall–Kier alpha value is -7.47. The highest BCUT2D eigenvalue weighted by Crippen LogP contribution is 2.34. The molecule has 338 valence electrons. The maximum absolute atomic E-state index is 13.9. The number of hydrogen-bond donors (Lipinski definition) is 3. The highest BCUT2D eigenvalue weighted by atomic mass is 19.1. The van der Waals surface area contributed by atoms with Crippen LogP contribution in [0.25, 0.3) is 28.0 Å². The van der Waals surface area contributed by atoms with Gasteiger partial charge in [0, 0.05) is 82.1 Å². The number of carbonyl (C=O) groups excluding carboxylic acids is 4. The van der Waals surface area contributed by atoms with Crippen LogP contribution in [0.1, 0.15) is 57.5 Å². The molecule has 0 radical (unpaired) electrons. The summed E-state index contributed by atoms with van der Waals surface area (Å²) in [4.78, 5) is 72.9. The van der Waals surface area contributed by atoms with Gasteiger partial charge in [0.15, 0.2) is 5.65 Å². The van der Waals surface area contributed by atoms with E-state index in [2.05, 4.69) is 41.4 Å². The van der Waals surface area contributed by atoms with Crippen LogP contribution >= 0.6 is 0 Å². The van der Waals surface area contributed by atoms with Crippen molar-refractivity contribution in [3.8, 4) is 22.7 Å². The van der Waals surface area contributed by atoms with E-state index in [-0.39, 0.29) is 36.1 Å². The highest BCUT2D eigenvalue weighted by Gasteiger charge is 2.39. The lowest BCUT2D eigenvalue weighted by atomic mass is 9.96. The lowest BCUT2D eigenvalue weighted by Crippen LogP contribution is -2.52. The van der Waals surface area contributed by atoms with Crippen LogP contribution in [0.3, 0.4) is 0 Å². The number of carbonyl (C=O) groups is 4. The van der Waals surface area contributed by atoms with Gasteiger partial charge in [-0.2, -0.15) is 5.10 Å². The monoisotopic (exact) mass is 892 g/mol. The van der Waals surface area contributed by atoms with E-state index in [4.69, 9.17) is 20.6 Å². The summed E-state index contributed by atoms with van der Waals surface area (Å²) in [6.07, 6.45) is 5.95. The largest absolute Gasteiger partial charge is 0.496 e. The van der Waals surface area contributed by atoms with E-state index in [0.29, 0.717) is 47.0 Å². The van der Waals surface area contributed by atoms with Crippen molar-refractivity contribution in [2.24, 2.45) is 5.92 Å². The minimum Gasteiger partial charge on any atom is -0.496 e. The average Bonchev–Trinajstić information content (AvgIpc) is 3.89. The zero-order chi connectivity index (χ0) is 45.5. The van der Waals surface area contributed by atoms with Gasteiger partial charge >= 0.3 is 0 Å². The fourth-order valence-corrected chi connectivity index (χ4v) is 9.60. The molecule has 0 saturated carbocycles. The third-order valence-electron chi connectivity index (χ3n) is 13.3. The molecule has 3 aromatic carbocycles. The summed E-state index contributed by atoms with van der Waals surface area (Å²) in [5.74, 6) is 0.277. The smallest absolute Gasteiger partial charge is 0.255 e. The minimum atomic E-state index is -0.614. The molecular weight excluding hydrogens is 844 g/mol. The summed E-state index contributed by atoms with van der Waals surface area (Å²) in [7, 11) is 1.43. The Balaban J connectivity index is 0.727. The predicted molar refractivity (Wildman–Crippen MR) is 245 cm³/mol. The molecule has 7 heterocycles. The van der Waals surface area contributed by atoms with Gasteiger partial charge in [0.25, 0.3) is 11.8 Å². The first kappa shape index (κ1) is 42.5. The summed E-state index contributed by atoms with van der Waals surface area (Å²) in [6, 6.07) is 20.8. The minimum absolute atomic E-state index is 0.117. The molecule has 3 aromatic heterocycles. The number of anilines is 3. The van der Waals surface area contributed by atoms with E-state index < -0.39 is 23.7 Å². The predicted octanol–water partition coefficient (Wildman–Crippen LogP) is 4.34. The number of ether oxygens (including phenoxy) is 1. The number of rotatable bonds is 11. The second-order valence-electron chi connectivity index (χ2n) is 17.3. The molecule has 18 heteroatoms. The number of benzene rings is 3. The number of imide groups is 1. The second kappa shape index (κ2) is 17.8. The number of aromatic nitrogens is 5. The van der Waals surface area contributed by atoms with Gasteiger partial charge < -0.3 is 30.5 Å². The van der Waals surface area contributed by atoms with Gasteiger partial charge in [0.2, 0.25) is 11.8 Å². The van der Waals surface area contributed by atoms with Crippen LogP contribution in [0.2, 0.25) is 0 Å². The summed E-state index contributed by atoms with van der Waals surface area (Å²) >= 11 is 0. The first-order valence-electron chi connectivity index (χ1n) is 22.3. The third kappa shape index (κ3) is 8.34. The molecule has 4 amide bonds. The Bertz CT molecular complexity index is 2840. The summed E-state index contributed by atoms with van der Waals surface area (Å²) in [6.45, 7) is 7.09. The van der Waals surface area contributed by atoms with E-state index in [9.17, 15) is 23.6 Å². The summed E-state index contributed by atoms with van der Waals surface area (Å²) in [5, 5.41) is 10.8. The Morgan fingerprint density at radius 2 is 1.67 bits per heavy atom. The fourth-order valence-electron chi connectivity index (χ4n) is 9.60. The van der Waals surface area contributed by atoms with Gasteiger partial charge in [0.05, 0.1) is 29.9 Å². The molecule has 0 aliphatic carbocycles. The molecule has 4 N–H and O–H groups in total. The van der Waals surface area contributed by atoms with Crippen molar-refractivity contribution in [1.29, 1.82) is 0 Å². The molecule has 6 aromatic rings. The van der Waals surface area contributed by atoms with Crippen LogP contribution in [-0.4, -0.2) is 117 Å².